The number of hydrogen-bond acceptors (Lipinski definition) is 3. The van der Waals surface area contributed by atoms with Crippen molar-refractivity contribution in [1.29, 1.82) is 0 Å². The Bertz CT molecular complexity index is 367. The summed E-state index contributed by atoms with van der Waals surface area (Å²) in [5.41, 5.74) is 0. The van der Waals surface area contributed by atoms with Gasteiger partial charge in [-0.2, -0.15) is 0 Å². The van der Waals surface area contributed by atoms with Gasteiger partial charge in [0, 0.05) is 17.5 Å². The molecule has 0 bridgehead atoms. The molecule has 0 aliphatic carbocycles. The van der Waals surface area contributed by atoms with Gasteiger partial charge >= 0.3 is 0 Å². The Morgan fingerprint density at radius 3 is 2.78 bits per heavy atom. The summed E-state index contributed by atoms with van der Waals surface area (Å²) in [6.45, 7) is 6.07. The minimum absolute atomic E-state index is 0.148. The number of alkyl halides is 1. The molecule has 1 aliphatic rings. The molecule has 1 aromatic carbocycles. The molecule has 4 heteroatoms. The zero-order valence-electron chi connectivity index (χ0n) is 10.8. The van der Waals surface area contributed by atoms with Crippen molar-refractivity contribution < 1.29 is 9.47 Å². The maximum absolute atomic E-state index is 5.99. The van der Waals surface area contributed by atoms with Crippen LogP contribution < -0.4 is 9.47 Å². The Balaban J connectivity index is 1.91. The number of benzene rings is 1. The summed E-state index contributed by atoms with van der Waals surface area (Å²) in [4.78, 5) is 2.45. The predicted octanol–water partition coefficient (Wildman–Crippen LogP) is 2.97. The van der Waals surface area contributed by atoms with Crippen molar-refractivity contribution in [2.75, 3.05) is 30.7 Å². The van der Waals surface area contributed by atoms with Crippen molar-refractivity contribution >= 4 is 22.6 Å². The first-order chi connectivity index (χ1) is 8.83. The predicted molar refractivity (Wildman–Crippen MR) is 82.0 cm³/mol. The third-order valence-corrected chi connectivity index (χ3v) is 3.45. The molecule has 1 aliphatic heterocycles. The van der Waals surface area contributed by atoms with Crippen LogP contribution in [-0.2, 0) is 0 Å². The van der Waals surface area contributed by atoms with Gasteiger partial charge in [-0.05, 0) is 25.1 Å². The molecule has 1 unspecified atom stereocenters. The van der Waals surface area contributed by atoms with Crippen LogP contribution in [-0.4, -0.2) is 41.7 Å². The fraction of sp³-hybridized carbons (Fsp3) is 0.571. The molecular formula is C14H20INO2. The first-order valence-electron chi connectivity index (χ1n) is 6.50. The number of nitrogens with zero attached hydrogens (tertiary/aromatic N) is 1. The number of ether oxygens (including phenoxy) is 2. The number of halogens is 1. The van der Waals surface area contributed by atoms with E-state index in [1.165, 1.54) is 6.42 Å². The van der Waals surface area contributed by atoms with Gasteiger partial charge in [-0.3, -0.25) is 4.90 Å². The molecule has 18 heavy (non-hydrogen) atoms. The molecule has 3 nitrogen and oxygen atoms in total. The van der Waals surface area contributed by atoms with E-state index >= 15 is 0 Å². The molecule has 0 N–H and O–H groups in total. The molecule has 0 spiro atoms. The smallest absolute Gasteiger partial charge is 0.161 e. The van der Waals surface area contributed by atoms with Crippen LogP contribution in [0.15, 0.2) is 24.3 Å². The Hall–Kier alpha value is -0.490. The Morgan fingerprint density at radius 2 is 2.06 bits per heavy atom. The molecular weight excluding hydrogens is 341 g/mol. The zero-order valence-corrected chi connectivity index (χ0v) is 12.9. The largest absolute Gasteiger partial charge is 0.486 e. The second-order valence-electron chi connectivity index (χ2n) is 4.49. The molecule has 1 aromatic rings. The number of rotatable bonds is 6. The van der Waals surface area contributed by atoms with Crippen LogP contribution in [0.3, 0.4) is 0 Å². The van der Waals surface area contributed by atoms with Crippen LogP contribution in [0.4, 0.5) is 0 Å². The SMILES string of the molecule is CCCN(CCI)CC1COc2ccccc2O1. The lowest BCUT2D eigenvalue weighted by Crippen LogP contribution is -2.42. The van der Waals surface area contributed by atoms with Crippen molar-refractivity contribution in [2.45, 2.75) is 19.4 Å². The average molecular weight is 361 g/mol. The molecule has 2 rings (SSSR count). The fourth-order valence-corrected chi connectivity index (χ4v) is 2.85. The van der Waals surface area contributed by atoms with Crippen molar-refractivity contribution in [3.05, 3.63) is 24.3 Å². The van der Waals surface area contributed by atoms with Crippen molar-refractivity contribution in [2.24, 2.45) is 0 Å². The molecule has 0 amide bonds. The first-order valence-corrected chi connectivity index (χ1v) is 8.03. The molecule has 0 fully saturated rings. The highest BCUT2D eigenvalue weighted by molar-refractivity contribution is 14.1. The minimum atomic E-state index is 0.148. The van der Waals surface area contributed by atoms with Gasteiger partial charge in [0.15, 0.2) is 11.5 Å². The summed E-state index contributed by atoms with van der Waals surface area (Å²) < 4.78 is 12.9. The number of hydrogen-bond donors (Lipinski definition) is 0. The van der Waals surface area contributed by atoms with Crippen LogP contribution in [0.1, 0.15) is 13.3 Å². The van der Waals surface area contributed by atoms with Crippen LogP contribution >= 0.6 is 22.6 Å². The lowest BCUT2D eigenvalue weighted by molar-refractivity contribution is 0.0606. The van der Waals surface area contributed by atoms with Crippen LogP contribution in [0.2, 0.25) is 0 Å². The van der Waals surface area contributed by atoms with E-state index < -0.39 is 0 Å². The minimum Gasteiger partial charge on any atom is -0.486 e. The number of fused-ring (bicyclic) bond motifs is 1. The summed E-state index contributed by atoms with van der Waals surface area (Å²) in [5.74, 6) is 1.74. The van der Waals surface area contributed by atoms with E-state index in [0.717, 1.165) is 35.6 Å². The van der Waals surface area contributed by atoms with Gasteiger partial charge < -0.3 is 9.47 Å². The first kappa shape index (κ1) is 13.9. The molecule has 0 aromatic heterocycles. The van der Waals surface area contributed by atoms with Gasteiger partial charge in [0.2, 0.25) is 0 Å². The van der Waals surface area contributed by atoms with Crippen molar-refractivity contribution in [3.63, 3.8) is 0 Å². The van der Waals surface area contributed by atoms with Gasteiger partial charge in [-0.1, -0.05) is 41.6 Å². The quantitative estimate of drug-likeness (QED) is 0.575. The second-order valence-corrected chi connectivity index (χ2v) is 5.57. The van der Waals surface area contributed by atoms with Gasteiger partial charge in [0.25, 0.3) is 0 Å². The lowest BCUT2D eigenvalue weighted by Gasteiger charge is -2.31. The molecule has 0 saturated heterocycles. The van der Waals surface area contributed by atoms with E-state index in [9.17, 15) is 0 Å². The van der Waals surface area contributed by atoms with Crippen LogP contribution in [0, 0.1) is 0 Å². The highest BCUT2D eigenvalue weighted by atomic mass is 127. The molecule has 100 valence electrons. The second kappa shape index (κ2) is 7.19. The maximum Gasteiger partial charge on any atom is 0.161 e. The average Bonchev–Trinajstić information content (AvgIpc) is 2.39. The summed E-state index contributed by atoms with van der Waals surface area (Å²) in [5, 5.41) is 0. The Kier molecular flexibility index (Phi) is 5.56. The fourth-order valence-electron chi connectivity index (χ4n) is 2.17. The topological polar surface area (TPSA) is 21.7 Å². The lowest BCUT2D eigenvalue weighted by atomic mass is 10.2. The van der Waals surface area contributed by atoms with Crippen molar-refractivity contribution in [3.8, 4) is 11.5 Å². The van der Waals surface area contributed by atoms with Crippen LogP contribution in [0.25, 0.3) is 0 Å². The van der Waals surface area contributed by atoms with Crippen LogP contribution in [0.5, 0.6) is 11.5 Å². The van der Waals surface area contributed by atoms with E-state index in [2.05, 4.69) is 34.4 Å². The summed E-state index contributed by atoms with van der Waals surface area (Å²) in [6, 6.07) is 7.89. The van der Waals surface area contributed by atoms with Crippen molar-refractivity contribution in [1.82, 2.24) is 4.90 Å². The van der Waals surface area contributed by atoms with E-state index in [1.807, 2.05) is 24.3 Å². The Morgan fingerprint density at radius 1 is 1.28 bits per heavy atom. The van der Waals surface area contributed by atoms with Gasteiger partial charge in [-0.25, -0.2) is 0 Å². The third kappa shape index (κ3) is 3.75. The van der Waals surface area contributed by atoms with E-state index in [1.54, 1.807) is 0 Å². The summed E-state index contributed by atoms with van der Waals surface area (Å²) in [6.07, 6.45) is 1.33. The molecule has 1 heterocycles. The van der Waals surface area contributed by atoms with E-state index in [-0.39, 0.29) is 6.10 Å². The summed E-state index contributed by atoms with van der Waals surface area (Å²) >= 11 is 2.42. The monoisotopic (exact) mass is 361 g/mol. The highest BCUT2D eigenvalue weighted by Gasteiger charge is 2.22. The normalized spacial score (nSPS) is 18.1. The molecule has 0 saturated carbocycles. The summed E-state index contributed by atoms with van der Waals surface area (Å²) in [7, 11) is 0. The van der Waals surface area contributed by atoms with E-state index in [4.69, 9.17) is 9.47 Å². The maximum atomic E-state index is 5.99. The van der Waals surface area contributed by atoms with E-state index in [0.29, 0.717) is 6.61 Å². The van der Waals surface area contributed by atoms with Gasteiger partial charge in [0.1, 0.15) is 12.7 Å². The zero-order chi connectivity index (χ0) is 12.8. The molecule has 1 atom stereocenters. The highest BCUT2D eigenvalue weighted by Crippen LogP contribution is 2.30. The standard InChI is InChI=1S/C14H20INO2/c1-2-8-16(9-7-15)10-12-11-17-13-5-3-4-6-14(13)18-12/h3-6,12H,2,7-11H2,1H3. The van der Waals surface area contributed by atoms with Gasteiger partial charge in [-0.15, -0.1) is 0 Å². The Labute approximate surface area is 123 Å². The third-order valence-electron chi connectivity index (χ3n) is 2.97. The van der Waals surface area contributed by atoms with Gasteiger partial charge in [0.05, 0.1) is 0 Å². The number of para-hydroxylation sites is 2. The molecule has 0 radical (unpaired) electrons.